The molecule has 0 spiro atoms. The zero-order valence-corrected chi connectivity index (χ0v) is 17.3. The van der Waals surface area contributed by atoms with E-state index in [1.807, 2.05) is 49.2 Å². The average Bonchev–Trinajstić information content (AvgIpc) is 3.46. The first-order chi connectivity index (χ1) is 14.1. The van der Waals surface area contributed by atoms with Gasteiger partial charge in [0.1, 0.15) is 0 Å². The van der Waals surface area contributed by atoms with E-state index in [0.717, 1.165) is 31.0 Å². The molecule has 3 heterocycles. The first-order valence-corrected chi connectivity index (χ1v) is 10.0. The highest BCUT2D eigenvalue weighted by Gasteiger charge is 2.26. The zero-order chi connectivity index (χ0) is 20.2. The number of rotatable bonds is 5. The molecule has 1 saturated heterocycles. The molecule has 1 aromatic carbocycles. The standard InChI is InChI=1S/C20H24ClN7O/c1-22-20(28-9-7-15(13-28)16-11-24-27(2)12-16)23-8-6-18-25-19(26-29-18)14-4-3-5-17(21)10-14/h3-5,10-12,15H,6-9,13H2,1-2H3,(H,22,23). The molecule has 2 aromatic heterocycles. The lowest BCUT2D eigenvalue weighted by molar-refractivity contribution is 0.377. The first kappa shape index (κ1) is 19.4. The van der Waals surface area contributed by atoms with Crippen LogP contribution in [-0.2, 0) is 13.5 Å². The van der Waals surface area contributed by atoms with Gasteiger partial charge >= 0.3 is 0 Å². The molecule has 1 N–H and O–H groups in total. The van der Waals surface area contributed by atoms with Crippen LogP contribution in [0.15, 0.2) is 46.2 Å². The molecule has 1 unspecified atom stereocenters. The van der Waals surface area contributed by atoms with Crippen LogP contribution in [0.4, 0.5) is 0 Å². The number of halogens is 1. The quantitative estimate of drug-likeness (QED) is 0.511. The van der Waals surface area contributed by atoms with Crippen molar-refractivity contribution in [1.82, 2.24) is 30.1 Å². The number of hydrogen-bond acceptors (Lipinski definition) is 5. The summed E-state index contributed by atoms with van der Waals surface area (Å²) < 4.78 is 7.22. The Morgan fingerprint density at radius 2 is 2.31 bits per heavy atom. The zero-order valence-electron chi connectivity index (χ0n) is 16.5. The van der Waals surface area contributed by atoms with Crippen LogP contribution in [0.25, 0.3) is 11.4 Å². The van der Waals surface area contributed by atoms with Gasteiger partial charge in [0, 0.05) is 62.9 Å². The van der Waals surface area contributed by atoms with E-state index in [-0.39, 0.29) is 0 Å². The fraction of sp³-hybridized carbons (Fsp3) is 0.400. The SMILES string of the molecule is CN=C(NCCc1nc(-c2cccc(Cl)c2)no1)N1CCC(c2cnn(C)c2)C1. The molecule has 0 aliphatic carbocycles. The summed E-state index contributed by atoms with van der Waals surface area (Å²) >= 11 is 6.03. The second kappa shape index (κ2) is 8.65. The Kier molecular flexibility index (Phi) is 5.80. The molecule has 152 valence electrons. The summed E-state index contributed by atoms with van der Waals surface area (Å²) in [5.74, 6) is 2.51. The third-order valence-corrected chi connectivity index (χ3v) is 5.30. The number of likely N-dealkylation sites (tertiary alicyclic amines) is 1. The number of aliphatic imine (C=N–C) groups is 1. The largest absolute Gasteiger partial charge is 0.356 e. The molecule has 1 aliphatic rings. The summed E-state index contributed by atoms with van der Waals surface area (Å²) in [7, 11) is 3.76. The van der Waals surface area contributed by atoms with Gasteiger partial charge in [-0.25, -0.2) is 0 Å². The lowest BCUT2D eigenvalue weighted by Gasteiger charge is -2.21. The highest BCUT2D eigenvalue weighted by molar-refractivity contribution is 6.30. The van der Waals surface area contributed by atoms with Crippen molar-refractivity contribution >= 4 is 17.6 Å². The van der Waals surface area contributed by atoms with Crippen molar-refractivity contribution in [1.29, 1.82) is 0 Å². The number of nitrogens with one attached hydrogen (secondary N) is 1. The average molecular weight is 414 g/mol. The van der Waals surface area contributed by atoms with E-state index in [0.29, 0.717) is 35.6 Å². The van der Waals surface area contributed by atoms with E-state index in [2.05, 4.69) is 36.6 Å². The molecule has 0 amide bonds. The van der Waals surface area contributed by atoms with Gasteiger partial charge in [-0.1, -0.05) is 28.9 Å². The molecule has 0 radical (unpaired) electrons. The highest BCUT2D eigenvalue weighted by atomic mass is 35.5. The van der Waals surface area contributed by atoms with Crippen molar-refractivity contribution in [3.63, 3.8) is 0 Å². The fourth-order valence-electron chi connectivity index (χ4n) is 3.59. The van der Waals surface area contributed by atoms with E-state index in [1.54, 1.807) is 0 Å². The maximum absolute atomic E-state index is 6.03. The van der Waals surface area contributed by atoms with Gasteiger partial charge in [-0.05, 0) is 24.1 Å². The molecular formula is C20H24ClN7O. The number of hydrogen-bond donors (Lipinski definition) is 1. The van der Waals surface area contributed by atoms with Crippen LogP contribution in [-0.4, -0.2) is 57.5 Å². The minimum Gasteiger partial charge on any atom is -0.356 e. The smallest absolute Gasteiger partial charge is 0.228 e. The molecule has 4 rings (SSSR count). The van der Waals surface area contributed by atoms with Gasteiger partial charge in [-0.3, -0.25) is 9.67 Å². The van der Waals surface area contributed by atoms with Crippen LogP contribution < -0.4 is 5.32 Å². The predicted molar refractivity (Wildman–Crippen MR) is 112 cm³/mol. The van der Waals surface area contributed by atoms with Crippen molar-refractivity contribution in [2.45, 2.75) is 18.8 Å². The summed E-state index contributed by atoms with van der Waals surface area (Å²) in [6.07, 6.45) is 5.76. The molecule has 1 atom stereocenters. The molecule has 9 heteroatoms. The number of nitrogens with zero attached hydrogens (tertiary/aromatic N) is 6. The van der Waals surface area contributed by atoms with Gasteiger partial charge in [-0.2, -0.15) is 10.1 Å². The number of aryl methyl sites for hydroxylation is 1. The lowest BCUT2D eigenvalue weighted by atomic mass is 10.0. The van der Waals surface area contributed by atoms with Gasteiger partial charge in [-0.15, -0.1) is 0 Å². The fourth-order valence-corrected chi connectivity index (χ4v) is 3.78. The van der Waals surface area contributed by atoms with Crippen molar-refractivity contribution in [2.24, 2.45) is 12.0 Å². The molecule has 29 heavy (non-hydrogen) atoms. The van der Waals surface area contributed by atoms with E-state index in [1.165, 1.54) is 5.56 Å². The normalized spacial score (nSPS) is 17.1. The van der Waals surface area contributed by atoms with Crippen LogP contribution in [0.1, 0.15) is 23.8 Å². The third kappa shape index (κ3) is 4.59. The van der Waals surface area contributed by atoms with Gasteiger partial charge in [0.25, 0.3) is 0 Å². The van der Waals surface area contributed by atoms with E-state index in [4.69, 9.17) is 16.1 Å². The summed E-state index contributed by atoms with van der Waals surface area (Å²) in [5.41, 5.74) is 2.12. The summed E-state index contributed by atoms with van der Waals surface area (Å²) in [6, 6.07) is 7.42. The minimum atomic E-state index is 0.485. The molecule has 8 nitrogen and oxygen atoms in total. The van der Waals surface area contributed by atoms with E-state index >= 15 is 0 Å². The predicted octanol–water partition coefficient (Wildman–Crippen LogP) is 2.73. The molecule has 1 fully saturated rings. The van der Waals surface area contributed by atoms with Gasteiger partial charge in [0.05, 0.1) is 6.20 Å². The lowest BCUT2D eigenvalue weighted by Crippen LogP contribution is -2.40. The third-order valence-electron chi connectivity index (χ3n) is 5.07. The Bertz CT molecular complexity index is 996. The Morgan fingerprint density at radius 3 is 3.07 bits per heavy atom. The van der Waals surface area contributed by atoms with Crippen molar-refractivity contribution in [2.75, 3.05) is 26.7 Å². The Labute approximate surface area is 174 Å². The highest BCUT2D eigenvalue weighted by Crippen LogP contribution is 2.26. The van der Waals surface area contributed by atoms with Crippen molar-refractivity contribution < 1.29 is 4.52 Å². The molecule has 0 saturated carbocycles. The topological polar surface area (TPSA) is 84.4 Å². The van der Waals surface area contributed by atoms with Crippen LogP contribution in [0.5, 0.6) is 0 Å². The second-order valence-electron chi connectivity index (χ2n) is 7.13. The maximum Gasteiger partial charge on any atom is 0.228 e. The molecule has 3 aromatic rings. The monoisotopic (exact) mass is 413 g/mol. The first-order valence-electron chi connectivity index (χ1n) is 9.65. The Morgan fingerprint density at radius 1 is 1.41 bits per heavy atom. The molecule has 0 bridgehead atoms. The van der Waals surface area contributed by atoms with Gasteiger partial charge in [0.15, 0.2) is 5.96 Å². The van der Waals surface area contributed by atoms with Crippen molar-refractivity contribution in [3.8, 4) is 11.4 Å². The van der Waals surface area contributed by atoms with Crippen LogP contribution >= 0.6 is 11.6 Å². The minimum absolute atomic E-state index is 0.485. The summed E-state index contributed by atoms with van der Waals surface area (Å²) in [6.45, 7) is 2.57. The summed E-state index contributed by atoms with van der Waals surface area (Å²) in [5, 5.41) is 12.4. The Balaban J connectivity index is 1.30. The van der Waals surface area contributed by atoms with E-state index < -0.39 is 0 Å². The number of benzene rings is 1. The van der Waals surface area contributed by atoms with Gasteiger partial charge < -0.3 is 14.7 Å². The molecular weight excluding hydrogens is 390 g/mol. The second-order valence-corrected chi connectivity index (χ2v) is 7.56. The van der Waals surface area contributed by atoms with Gasteiger partial charge in [0.2, 0.25) is 11.7 Å². The summed E-state index contributed by atoms with van der Waals surface area (Å²) in [4.78, 5) is 11.2. The maximum atomic E-state index is 6.03. The van der Waals surface area contributed by atoms with E-state index in [9.17, 15) is 0 Å². The number of guanidine groups is 1. The van der Waals surface area contributed by atoms with Crippen LogP contribution in [0.3, 0.4) is 0 Å². The van der Waals surface area contributed by atoms with Crippen molar-refractivity contribution in [3.05, 3.63) is 53.1 Å². The Hall–Kier alpha value is -2.87. The van der Waals surface area contributed by atoms with Crippen LogP contribution in [0.2, 0.25) is 5.02 Å². The number of aromatic nitrogens is 4. The molecule has 1 aliphatic heterocycles. The van der Waals surface area contributed by atoms with Crippen LogP contribution in [0, 0.1) is 0 Å².